The lowest BCUT2D eigenvalue weighted by Gasteiger charge is -2.37. The van der Waals surface area contributed by atoms with E-state index < -0.39 is 29.8 Å². The number of hydrogen-bond acceptors (Lipinski definition) is 4. The molecule has 4 amide bonds. The Morgan fingerprint density at radius 2 is 1.67 bits per heavy atom. The molecule has 0 saturated carbocycles. The molecule has 1 aromatic carbocycles. The Labute approximate surface area is 137 Å². The maximum Gasteiger partial charge on any atom is 0.332 e. The molecule has 7 nitrogen and oxygen atoms in total. The van der Waals surface area contributed by atoms with Gasteiger partial charge in [0.25, 0.3) is 0 Å². The quantitative estimate of drug-likeness (QED) is 0.778. The number of fused-ring (bicyclic) bond motifs is 3. The number of benzene rings is 1. The molecule has 1 saturated heterocycles. The van der Waals surface area contributed by atoms with Crippen molar-refractivity contribution in [3.05, 3.63) is 41.7 Å². The van der Waals surface area contributed by atoms with Gasteiger partial charge < -0.3 is 10.3 Å². The second kappa shape index (κ2) is 4.95. The number of aromatic nitrogens is 1. The molecule has 3 heterocycles. The first-order valence-electron chi connectivity index (χ1n) is 7.63. The highest BCUT2D eigenvalue weighted by molar-refractivity contribution is 6.16. The SMILES string of the molecule is CN1C(=O)C(C2NC=Cc3c2[nH]c2ccccc32)C(=O)N(C)C1=O. The Balaban J connectivity index is 1.84. The molecule has 1 aromatic heterocycles. The molecule has 24 heavy (non-hydrogen) atoms. The monoisotopic (exact) mass is 324 g/mol. The number of H-pyrrole nitrogens is 1. The van der Waals surface area contributed by atoms with Crippen molar-refractivity contribution in [1.82, 2.24) is 20.1 Å². The Morgan fingerprint density at radius 1 is 1.00 bits per heavy atom. The molecule has 2 aromatic rings. The number of barbiturate groups is 1. The van der Waals surface area contributed by atoms with Crippen LogP contribution >= 0.6 is 0 Å². The largest absolute Gasteiger partial charge is 0.381 e. The van der Waals surface area contributed by atoms with Crippen molar-refractivity contribution in [1.29, 1.82) is 0 Å². The van der Waals surface area contributed by atoms with Crippen LogP contribution in [0.2, 0.25) is 0 Å². The highest BCUT2D eigenvalue weighted by atomic mass is 16.2. The molecule has 4 rings (SSSR count). The lowest BCUT2D eigenvalue weighted by Crippen LogP contribution is -2.59. The van der Waals surface area contributed by atoms with E-state index >= 15 is 0 Å². The van der Waals surface area contributed by atoms with Crippen LogP contribution in [0.5, 0.6) is 0 Å². The number of nitrogens with one attached hydrogen (secondary N) is 2. The maximum atomic E-state index is 12.6. The molecule has 7 heteroatoms. The minimum absolute atomic E-state index is 0.500. The molecule has 1 unspecified atom stereocenters. The minimum Gasteiger partial charge on any atom is -0.381 e. The van der Waals surface area contributed by atoms with Gasteiger partial charge in [-0.2, -0.15) is 0 Å². The molecule has 1 fully saturated rings. The zero-order chi connectivity index (χ0) is 17.0. The van der Waals surface area contributed by atoms with Gasteiger partial charge in [0.15, 0.2) is 0 Å². The molecule has 2 aliphatic heterocycles. The van der Waals surface area contributed by atoms with Gasteiger partial charge in [-0.25, -0.2) is 4.79 Å². The number of aromatic amines is 1. The Kier molecular flexibility index (Phi) is 2.99. The van der Waals surface area contributed by atoms with Crippen molar-refractivity contribution in [2.75, 3.05) is 14.1 Å². The number of imide groups is 2. The summed E-state index contributed by atoms with van der Waals surface area (Å²) in [6.07, 6.45) is 3.66. The predicted octanol–water partition coefficient (Wildman–Crippen LogP) is 1.45. The van der Waals surface area contributed by atoms with E-state index in [1.807, 2.05) is 30.3 Å². The Morgan fingerprint density at radius 3 is 2.38 bits per heavy atom. The van der Waals surface area contributed by atoms with Crippen molar-refractivity contribution >= 4 is 34.8 Å². The zero-order valence-electron chi connectivity index (χ0n) is 13.2. The molecule has 0 radical (unpaired) electrons. The van der Waals surface area contributed by atoms with Crippen molar-refractivity contribution in [3.63, 3.8) is 0 Å². The molecule has 1 atom stereocenters. The lowest BCUT2D eigenvalue weighted by atomic mass is 9.89. The first kappa shape index (κ1) is 14.5. The van der Waals surface area contributed by atoms with Crippen LogP contribution in [0.15, 0.2) is 30.5 Å². The number of carbonyl (C=O) groups is 3. The number of urea groups is 1. The predicted molar refractivity (Wildman–Crippen MR) is 87.6 cm³/mol. The topological polar surface area (TPSA) is 85.5 Å². The summed E-state index contributed by atoms with van der Waals surface area (Å²) in [7, 11) is 2.79. The van der Waals surface area contributed by atoms with Crippen molar-refractivity contribution in [3.8, 4) is 0 Å². The third kappa shape index (κ3) is 1.81. The molecule has 0 bridgehead atoms. The first-order chi connectivity index (χ1) is 11.5. The standard InChI is InChI=1S/C17H16N4O3/c1-20-15(22)12(16(23)21(2)17(20)24)14-13-10(7-8-18-14)9-5-3-4-6-11(9)19-13/h3-8,12,14,18-19H,1-2H3. The molecule has 0 aliphatic carbocycles. The fourth-order valence-corrected chi connectivity index (χ4v) is 3.41. The van der Waals surface area contributed by atoms with E-state index in [9.17, 15) is 14.4 Å². The summed E-state index contributed by atoms with van der Waals surface area (Å²) in [4.78, 5) is 42.4. The number of rotatable bonds is 1. The third-order valence-electron chi connectivity index (χ3n) is 4.71. The second-order valence-electron chi connectivity index (χ2n) is 6.03. The van der Waals surface area contributed by atoms with Crippen LogP contribution in [-0.4, -0.2) is 46.7 Å². The van der Waals surface area contributed by atoms with Crippen LogP contribution in [0.3, 0.4) is 0 Å². The van der Waals surface area contributed by atoms with Crippen LogP contribution in [0, 0.1) is 5.92 Å². The lowest BCUT2D eigenvalue weighted by molar-refractivity contribution is -0.149. The molecule has 2 N–H and O–H groups in total. The van der Waals surface area contributed by atoms with Crippen molar-refractivity contribution in [2.24, 2.45) is 5.92 Å². The first-order valence-corrected chi connectivity index (χ1v) is 7.63. The van der Waals surface area contributed by atoms with Gasteiger partial charge in [0.2, 0.25) is 11.8 Å². The molecule has 2 aliphatic rings. The van der Waals surface area contributed by atoms with E-state index in [4.69, 9.17) is 0 Å². The summed E-state index contributed by atoms with van der Waals surface area (Å²) in [6.45, 7) is 0. The van der Waals surface area contributed by atoms with Crippen molar-refractivity contribution in [2.45, 2.75) is 6.04 Å². The van der Waals surface area contributed by atoms with Gasteiger partial charge in [-0.05, 0) is 18.3 Å². The third-order valence-corrected chi connectivity index (χ3v) is 4.71. The fourth-order valence-electron chi connectivity index (χ4n) is 3.41. The zero-order valence-corrected chi connectivity index (χ0v) is 13.2. The maximum absolute atomic E-state index is 12.6. The fraction of sp³-hybridized carbons (Fsp3) is 0.235. The van der Waals surface area contributed by atoms with E-state index in [2.05, 4.69) is 10.3 Å². The average molecular weight is 324 g/mol. The second-order valence-corrected chi connectivity index (χ2v) is 6.03. The summed E-state index contributed by atoms with van der Waals surface area (Å²) >= 11 is 0. The number of para-hydroxylation sites is 1. The number of amides is 4. The summed E-state index contributed by atoms with van der Waals surface area (Å²) in [5, 5.41) is 4.14. The summed E-state index contributed by atoms with van der Waals surface area (Å²) in [6, 6.07) is 6.65. The Hall–Kier alpha value is -3.09. The number of carbonyl (C=O) groups excluding carboxylic acids is 3. The highest BCUT2D eigenvalue weighted by Gasteiger charge is 2.48. The van der Waals surface area contributed by atoms with Crippen LogP contribution in [-0.2, 0) is 9.59 Å². The van der Waals surface area contributed by atoms with E-state index in [1.165, 1.54) is 14.1 Å². The normalized spacial score (nSPS) is 21.4. The van der Waals surface area contributed by atoms with Gasteiger partial charge in [-0.3, -0.25) is 19.4 Å². The van der Waals surface area contributed by atoms with E-state index in [-0.39, 0.29) is 0 Å². The van der Waals surface area contributed by atoms with Gasteiger partial charge >= 0.3 is 6.03 Å². The van der Waals surface area contributed by atoms with E-state index in [1.54, 1.807) is 6.20 Å². The van der Waals surface area contributed by atoms with Crippen LogP contribution in [0.25, 0.3) is 17.0 Å². The summed E-state index contributed by atoms with van der Waals surface area (Å²) < 4.78 is 0. The average Bonchev–Trinajstić information content (AvgIpc) is 2.98. The van der Waals surface area contributed by atoms with Crippen LogP contribution in [0.4, 0.5) is 4.79 Å². The molecule has 0 spiro atoms. The molecule has 122 valence electrons. The molecular weight excluding hydrogens is 308 g/mol. The van der Waals surface area contributed by atoms with E-state index in [0.717, 1.165) is 32.0 Å². The molecular formula is C17H16N4O3. The smallest absolute Gasteiger partial charge is 0.332 e. The van der Waals surface area contributed by atoms with Gasteiger partial charge in [0, 0.05) is 36.3 Å². The van der Waals surface area contributed by atoms with E-state index in [0.29, 0.717) is 0 Å². The van der Waals surface area contributed by atoms with Gasteiger partial charge in [0.05, 0.1) is 6.04 Å². The van der Waals surface area contributed by atoms with Crippen molar-refractivity contribution < 1.29 is 14.4 Å². The highest BCUT2D eigenvalue weighted by Crippen LogP contribution is 2.36. The van der Waals surface area contributed by atoms with Crippen LogP contribution in [0.1, 0.15) is 17.3 Å². The van der Waals surface area contributed by atoms with Gasteiger partial charge in [0.1, 0.15) is 5.92 Å². The number of nitrogens with zero attached hydrogens (tertiary/aromatic N) is 2. The van der Waals surface area contributed by atoms with Gasteiger partial charge in [-0.15, -0.1) is 0 Å². The summed E-state index contributed by atoms with van der Waals surface area (Å²) in [5.41, 5.74) is 2.67. The van der Waals surface area contributed by atoms with Crippen LogP contribution < -0.4 is 5.32 Å². The summed E-state index contributed by atoms with van der Waals surface area (Å²) in [5.74, 6) is -1.99. The Bertz CT molecular complexity index is 890. The number of hydrogen-bond donors (Lipinski definition) is 2. The van der Waals surface area contributed by atoms with Gasteiger partial charge in [-0.1, -0.05) is 18.2 Å². The minimum atomic E-state index is -0.991.